The van der Waals surface area contributed by atoms with Crippen LogP contribution in [0.5, 0.6) is 0 Å². The van der Waals surface area contributed by atoms with E-state index in [1.54, 1.807) is 6.92 Å². The van der Waals surface area contributed by atoms with E-state index >= 15 is 0 Å². The summed E-state index contributed by atoms with van der Waals surface area (Å²) >= 11 is 6.28. The van der Waals surface area contributed by atoms with Gasteiger partial charge in [0.15, 0.2) is 5.13 Å². The van der Waals surface area contributed by atoms with Crippen LogP contribution in [0.2, 0.25) is 0 Å². The first-order chi connectivity index (χ1) is 9.74. The molecular weight excluding hydrogens is 333 g/mol. The minimum atomic E-state index is -5.03. The van der Waals surface area contributed by atoms with Crippen LogP contribution in [0.4, 0.5) is 18.3 Å². The van der Waals surface area contributed by atoms with Crippen molar-refractivity contribution in [2.75, 3.05) is 11.9 Å². The fourth-order valence-corrected chi connectivity index (χ4v) is 1.98. The maximum Gasteiger partial charge on any atom is 0.455 e. The molecule has 116 valence electrons. The second-order valence-electron chi connectivity index (χ2n) is 3.59. The van der Waals surface area contributed by atoms with Crippen LogP contribution in [0.15, 0.2) is 16.6 Å². The molecule has 0 atom stereocenters. The number of hydrogen-bond donors (Lipinski definition) is 1. The lowest BCUT2D eigenvalue weighted by molar-refractivity contribution is -0.165. The molecule has 0 saturated carbocycles. The minimum absolute atomic E-state index is 0.0506. The van der Waals surface area contributed by atoms with E-state index in [2.05, 4.69) is 10.3 Å². The number of anilines is 1. The highest BCUT2D eigenvalue weighted by Gasteiger charge is 2.40. The smallest absolute Gasteiger partial charge is 0.455 e. The number of ketones is 1. The molecule has 1 N–H and O–H groups in total. The number of nitrogens with zero attached hydrogens (tertiary/aromatic N) is 1. The van der Waals surface area contributed by atoms with Gasteiger partial charge in [0.2, 0.25) is 0 Å². The third kappa shape index (κ3) is 5.72. The SMILES string of the molecule is CCOC(=O)Cc1csc(NC=C(Cl)C(=O)C(F)(F)F)n1. The number of Topliss-reactive ketones (excluding diaryl/α,β-unsaturated/α-hetero) is 1. The highest BCUT2D eigenvalue weighted by molar-refractivity contribution is 7.13. The molecule has 0 aliphatic heterocycles. The molecule has 10 heteroatoms. The normalized spacial score (nSPS) is 12.1. The summed E-state index contributed by atoms with van der Waals surface area (Å²) in [5.74, 6) is -2.62. The van der Waals surface area contributed by atoms with E-state index in [-0.39, 0.29) is 18.2 Å². The lowest BCUT2D eigenvalue weighted by Gasteiger charge is -2.03. The maximum atomic E-state index is 12.1. The zero-order valence-electron chi connectivity index (χ0n) is 10.7. The summed E-state index contributed by atoms with van der Waals surface area (Å²) in [5, 5.41) is 3.08. The van der Waals surface area contributed by atoms with Crippen LogP contribution in [-0.2, 0) is 20.7 Å². The quantitative estimate of drug-likeness (QED) is 0.636. The second kappa shape index (κ2) is 7.41. The molecule has 0 amide bonds. The van der Waals surface area contributed by atoms with Gasteiger partial charge >= 0.3 is 12.1 Å². The van der Waals surface area contributed by atoms with Crippen molar-refractivity contribution in [3.8, 4) is 0 Å². The van der Waals surface area contributed by atoms with Gasteiger partial charge in [-0.25, -0.2) is 4.98 Å². The Morgan fingerprint density at radius 3 is 2.76 bits per heavy atom. The number of thiazole rings is 1. The molecular formula is C11H10ClF3N2O3S. The van der Waals surface area contributed by atoms with Gasteiger partial charge < -0.3 is 10.1 Å². The Hall–Kier alpha value is -1.61. The van der Waals surface area contributed by atoms with Crippen molar-refractivity contribution >= 4 is 39.8 Å². The molecule has 5 nitrogen and oxygen atoms in total. The van der Waals surface area contributed by atoms with Crippen molar-refractivity contribution in [2.24, 2.45) is 0 Å². The van der Waals surface area contributed by atoms with Crippen molar-refractivity contribution < 1.29 is 27.5 Å². The van der Waals surface area contributed by atoms with Crippen molar-refractivity contribution in [3.63, 3.8) is 0 Å². The minimum Gasteiger partial charge on any atom is -0.466 e. The fourth-order valence-electron chi connectivity index (χ4n) is 1.14. The first-order valence-corrected chi connectivity index (χ1v) is 6.83. The van der Waals surface area contributed by atoms with Gasteiger partial charge in [-0.2, -0.15) is 13.2 Å². The van der Waals surface area contributed by atoms with E-state index < -0.39 is 23.0 Å². The molecule has 0 fully saturated rings. The van der Waals surface area contributed by atoms with Crippen LogP contribution in [0, 0.1) is 0 Å². The number of nitrogens with one attached hydrogen (secondary N) is 1. The van der Waals surface area contributed by atoms with Crippen molar-refractivity contribution in [2.45, 2.75) is 19.5 Å². The van der Waals surface area contributed by atoms with Crippen molar-refractivity contribution in [1.82, 2.24) is 4.98 Å². The van der Waals surface area contributed by atoms with Crippen molar-refractivity contribution in [1.29, 1.82) is 0 Å². The first-order valence-electron chi connectivity index (χ1n) is 5.57. The van der Waals surface area contributed by atoms with Crippen LogP contribution in [0.1, 0.15) is 12.6 Å². The Balaban J connectivity index is 2.63. The molecule has 0 unspecified atom stereocenters. The molecule has 1 rings (SSSR count). The highest BCUT2D eigenvalue weighted by atomic mass is 35.5. The molecule has 0 aliphatic rings. The van der Waals surface area contributed by atoms with E-state index in [0.717, 1.165) is 11.3 Å². The third-order valence-corrected chi connectivity index (χ3v) is 3.08. The zero-order chi connectivity index (χ0) is 16.0. The first kappa shape index (κ1) is 17.4. The summed E-state index contributed by atoms with van der Waals surface area (Å²) in [7, 11) is 0. The summed E-state index contributed by atoms with van der Waals surface area (Å²) < 4.78 is 41.0. The molecule has 0 bridgehead atoms. The Morgan fingerprint density at radius 1 is 1.52 bits per heavy atom. The number of allylic oxidation sites excluding steroid dienone is 1. The lowest BCUT2D eigenvalue weighted by atomic mass is 10.3. The van der Waals surface area contributed by atoms with Crippen LogP contribution < -0.4 is 5.32 Å². The van der Waals surface area contributed by atoms with Gasteiger partial charge in [-0.15, -0.1) is 11.3 Å². The molecule has 0 spiro atoms. The van der Waals surface area contributed by atoms with Gasteiger partial charge in [0.05, 0.1) is 18.7 Å². The number of ether oxygens (including phenoxy) is 1. The number of aromatic nitrogens is 1. The largest absolute Gasteiger partial charge is 0.466 e. The monoisotopic (exact) mass is 342 g/mol. The van der Waals surface area contributed by atoms with Crippen LogP contribution in [-0.4, -0.2) is 29.5 Å². The molecule has 0 saturated heterocycles. The van der Waals surface area contributed by atoms with E-state index in [1.165, 1.54) is 5.38 Å². The summed E-state index contributed by atoms with van der Waals surface area (Å²) in [6.45, 7) is 1.91. The molecule has 0 aliphatic carbocycles. The zero-order valence-corrected chi connectivity index (χ0v) is 12.2. The van der Waals surface area contributed by atoms with Gasteiger partial charge in [0.25, 0.3) is 5.78 Å². The third-order valence-electron chi connectivity index (χ3n) is 1.98. The summed E-state index contributed by atoms with van der Waals surface area (Å²) in [5.41, 5.74) is 0.396. The molecule has 21 heavy (non-hydrogen) atoms. The van der Waals surface area contributed by atoms with Crippen LogP contribution in [0.3, 0.4) is 0 Å². The average Bonchev–Trinajstić information content (AvgIpc) is 2.81. The predicted octanol–water partition coefficient (Wildman–Crippen LogP) is 2.87. The standard InChI is InChI=1S/C11H10ClF3N2O3S/c1-2-20-8(18)3-6-5-21-10(17-6)16-4-7(12)9(19)11(13,14)15/h4-5H,2-3H2,1H3,(H,16,17). The van der Waals surface area contributed by atoms with E-state index in [4.69, 9.17) is 16.3 Å². The number of carbonyl (C=O) groups excluding carboxylic acids is 2. The molecule has 0 aromatic carbocycles. The Kier molecular flexibility index (Phi) is 6.16. The Bertz CT molecular complexity index is 557. The summed E-state index contributed by atoms with van der Waals surface area (Å²) in [6.07, 6.45) is -4.39. The topological polar surface area (TPSA) is 68.3 Å². The lowest BCUT2D eigenvalue weighted by Crippen LogP contribution is -2.23. The number of carbonyl (C=O) groups is 2. The molecule has 1 aromatic heterocycles. The van der Waals surface area contributed by atoms with Crippen LogP contribution >= 0.6 is 22.9 Å². The summed E-state index contributed by atoms with van der Waals surface area (Å²) in [6, 6.07) is 0. The molecule has 1 aromatic rings. The van der Waals surface area contributed by atoms with E-state index in [0.29, 0.717) is 11.9 Å². The Morgan fingerprint density at radius 2 is 2.19 bits per heavy atom. The van der Waals surface area contributed by atoms with Gasteiger partial charge in [-0.1, -0.05) is 11.6 Å². The fraction of sp³-hybridized carbons (Fsp3) is 0.364. The summed E-state index contributed by atoms with van der Waals surface area (Å²) in [4.78, 5) is 25.9. The average molecular weight is 343 g/mol. The van der Waals surface area contributed by atoms with Gasteiger partial charge in [-0.3, -0.25) is 9.59 Å². The van der Waals surface area contributed by atoms with E-state index in [1.807, 2.05) is 0 Å². The predicted molar refractivity (Wildman–Crippen MR) is 71.1 cm³/mol. The second-order valence-corrected chi connectivity index (χ2v) is 4.85. The molecule has 1 heterocycles. The number of hydrogen-bond acceptors (Lipinski definition) is 6. The van der Waals surface area contributed by atoms with Crippen molar-refractivity contribution in [3.05, 3.63) is 22.3 Å². The highest BCUT2D eigenvalue weighted by Crippen LogP contribution is 2.23. The van der Waals surface area contributed by atoms with Gasteiger partial charge in [-0.05, 0) is 6.92 Å². The maximum absolute atomic E-state index is 12.1. The van der Waals surface area contributed by atoms with E-state index in [9.17, 15) is 22.8 Å². The van der Waals surface area contributed by atoms with Gasteiger partial charge in [0, 0.05) is 11.6 Å². The number of rotatable bonds is 6. The Labute approximate surface area is 126 Å². The van der Waals surface area contributed by atoms with Gasteiger partial charge in [0.1, 0.15) is 5.03 Å². The molecule has 0 radical (unpaired) electrons. The number of halogens is 4. The van der Waals surface area contributed by atoms with Crippen LogP contribution in [0.25, 0.3) is 0 Å². The number of alkyl halides is 3. The number of esters is 1.